The van der Waals surface area contributed by atoms with Crippen molar-refractivity contribution in [1.29, 1.82) is 0 Å². The Labute approximate surface area is 90.8 Å². The Bertz CT molecular complexity index is 386. The zero-order chi connectivity index (χ0) is 10.9. The molecule has 0 atom stereocenters. The van der Waals surface area contributed by atoms with Crippen LogP contribution < -0.4 is 0 Å². The molecule has 0 bridgehead atoms. The lowest BCUT2D eigenvalue weighted by molar-refractivity contribution is 0.0682. The van der Waals surface area contributed by atoms with Crippen molar-refractivity contribution in [3.05, 3.63) is 26.9 Å². The van der Waals surface area contributed by atoms with Gasteiger partial charge in [0, 0.05) is 0 Å². The molecule has 0 amide bonds. The molecule has 76 valence electrons. The van der Waals surface area contributed by atoms with Crippen LogP contribution in [0.5, 0.6) is 0 Å². The number of alkyl halides is 2. The molecule has 0 aliphatic carbocycles. The van der Waals surface area contributed by atoms with Crippen LogP contribution in [0.1, 0.15) is 22.5 Å². The average molecular weight is 286 g/mol. The minimum Gasteiger partial charge on any atom is -0.478 e. The Balaban J connectivity index is 3.39. The fourth-order valence-corrected chi connectivity index (χ4v) is 1.27. The number of aromatic nitrogens is 1. The number of nitrogens with zero attached hydrogens (tertiary/aromatic N) is 1. The van der Waals surface area contributed by atoms with E-state index in [1.165, 1.54) is 0 Å². The first kappa shape index (κ1) is 11.3. The Morgan fingerprint density at radius 3 is 2.64 bits per heavy atom. The number of halogens is 4. The summed E-state index contributed by atoms with van der Waals surface area (Å²) in [6, 6.07) is 0.933. The van der Waals surface area contributed by atoms with E-state index in [1.54, 1.807) is 0 Å². The van der Waals surface area contributed by atoms with Gasteiger partial charge in [-0.15, -0.1) is 0 Å². The fourth-order valence-electron chi connectivity index (χ4n) is 0.817. The summed E-state index contributed by atoms with van der Waals surface area (Å²) in [6.45, 7) is 0. The monoisotopic (exact) mass is 285 g/mol. The summed E-state index contributed by atoms with van der Waals surface area (Å²) in [5.41, 5.74) is -1.39. The molecule has 0 unspecified atom stereocenters. The predicted octanol–water partition coefficient (Wildman–Crippen LogP) is 3.13. The van der Waals surface area contributed by atoms with E-state index in [1.807, 2.05) is 0 Å². The van der Waals surface area contributed by atoms with E-state index in [0.29, 0.717) is 0 Å². The maximum absolute atomic E-state index is 12.3. The van der Waals surface area contributed by atoms with Crippen LogP contribution in [0.25, 0.3) is 0 Å². The topological polar surface area (TPSA) is 50.2 Å². The van der Waals surface area contributed by atoms with Crippen molar-refractivity contribution in [2.24, 2.45) is 0 Å². The number of carboxylic acids is 1. The van der Waals surface area contributed by atoms with Gasteiger partial charge in [0.1, 0.15) is 10.3 Å². The van der Waals surface area contributed by atoms with Crippen molar-refractivity contribution in [3.63, 3.8) is 0 Å². The van der Waals surface area contributed by atoms with Crippen molar-refractivity contribution in [1.82, 2.24) is 4.98 Å². The SMILES string of the molecule is O=C(O)c1cc(Cl)c(Br)nc1C(F)F. The largest absolute Gasteiger partial charge is 0.478 e. The van der Waals surface area contributed by atoms with Crippen molar-refractivity contribution < 1.29 is 18.7 Å². The first-order valence-electron chi connectivity index (χ1n) is 3.31. The quantitative estimate of drug-likeness (QED) is 0.850. The van der Waals surface area contributed by atoms with E-state index in [0.717, 1.165) is 6.07 Å². The molecule has 0 fully saturated rings. The maximum Gasteiger partial charge on any atom is 0.337 e. The molecule has 0 aliphatic heterocycles. The number of hydrogen-bond acceptors (Lipinski definition) is 2. The molecule has 3 nitrogen and oxygen atoms in total. The van der Waals surface area contributed by atoms with Crippen LogP contribution >= 0.6 is 27.5 Å². The Morgan fingerprint density at radius 1 is 1.64 bits per heavy atom. The molecule has 1 rings (SSSR count). The van der Waals surface area contributed by atoms with Crippen molar-refractivity contribution in [3.8, 4) is 0 Å². The fraction of sp³-hybridized carbons (Fsp3) is 0.143. The Morgan fingerprint density at radius 2 is 2.21 bits per heavy atom. The lowest BCUT2D eigenvalue weighted by atomic mass is 10.2. The highest BCUT2D eigenvalue weighted by Crippen LogP contribution is 2.28. The van der Waals surface area contributed by atoms with Crippen molar-refractivity contribution >= 4 is 33.5 Å². The van der Waals surface area contributed by atoms with E-state index >= 15 is 0 Å². The molecule has 0 saturated heterocycles. The summed E-state index contributed by atoms with van der Waals surface area (Å²) in [6.07, 6.45) is -2.95. The number of carbonyl (C=O) groups is 1. The summed E-state index contributed by atoms with van der Waals surface area (Å²) in [7, 11) is 0. The van der Waals surface area contributed by atoms with Crippen LogP contribution in [-0.4, -0.2) is 16.1 Å². The van der Waals surface area contributed by atoms with Crippen LogP contribution in [-0.2, 0) is 0 Å². The van der Waals surface area contributed by atoms with Crippen LogP contribution in [0.2, 0.25) is 5.02 Å². The maximum atomic E-state index is 12.3. The molecular formula is C7H3BrClF2NO2. The normalized spacial score (nSPS) is 10.6. The highest BCUT2D eigenvalue weighted by molar-refractivity contribution is 9.10. The van der Waals surface area contributed by atoms with E-state index in [2.05, 4.69) is 20.9 Å². The third-order valence-corrected chi connectivity index (χ3v) is 2.52. The van der Waals surface area contributed by atoms with Gasteiger partial charge < -0.3 is 5.11 Å². The van der Waals surface area contributed by atoms with E-state index < -0.39 is 23.7 Å². The van der Waals surface area contributed by atoms with Gasteiger partial charge in [0.25, 0.3) is 6.43 Å². The summed E-state index contributed by atoms with van der Waals surface area (Å²) in [5.74, 6) is -1.48. The number of pyridine rings is 1. The molecule has 0 radical (unpaired) electrons. The van der Waals surface area contributed by atoms with E-state index in [9.17, 15) is 13.6 Å². The Hall–Kier alpha value is -0.750. The molecular weight excluding hydrogens is 283 g/mol. The minimum atomic E-state index is -2.95. The van der Waals surface area contributed by atoms with Gasteiger partial charge in [-0.1, -0.05) is 11.6 Å². The van der Waals surface area contributed by atoms with Crippen molar-refractivity contribution in [2.75, 3.05) is 0 Å². The number of hydrogen-bond donors (Lipinski definition) is 1. The predicted molar refractivity (Wildman–Crippen MR) is 48.9 cm³/mol. The third-order valence-electron chi connectivity index (χ3n) is 1.40. The molecule has 1 heterocycles. The molecule has 0 saturated carbocycles. The molecule has 0 spiro atoms. The minimum absolute atomic E-state index is 0.000494. The smallest absolute Gasteiger partial charge is 0.337 e. The average Bonchev–Trinajstić information content (AvgIpc) is 2.08. The highest BCUT2D eigenvalue weighted by Gasteiger charge is 2.21. The summed E-state index contributed by atoms with van der Waals surface area (Å²) in [4.78, 5) is 13.9. The Kier molecular flexibility index (Phi) is 3.38. The second kappa shape index (κ2) is 4.18. The molecule has 7 heteroatoms. The van der Waals surface area contributed by atoms with Crippen molar-refractivity contribution in [2.45, 2.75) is 6.43 Å². The molecule has 1 N–H and O–H groups in total. The van der Waals surface area contributed by atoms with E-state index in [4.69, 9.17) is 16.7 Å². The standard InChI is InChI=1S/C7H3BrClF2NO2/c8-5-3(9)1-2(7(13)14)4(12-5)6(10)11/h1,6H,(H,13,14). The van der Waals surface area contributed by atoms with Crippen LogP contribution in [0, 0.1) is 0 Å². The second-order valence-corrected chi connectivity index (χ2v) is 3.46. The van der Waals surface area contributed by atoms with Gasteiger partial charge in [-0.3, -0.25) is 0 Å². The summed E-state index contributed by atoms with van der Waals surface area (Å²) < 4.78 is 24.6. The van der Waals surface area contributed by atoms with Gasteiger partial charge in [-0.05, 0) is 22.0 Å². The zero-order valence-electron chi connectivity index (χ0n) is 6.47. The number of rotatable bonds is 2. The van der Waals surface area contributed by atoms with Crippen LogP contribution in [0.3, 0.4) is 0 Å². The zero-order valence-corrected chi connectivity index (χ0v) is 8.81. The first-order valence-corrected chi connectivity index (χ1v) is 4.48. The highest BCUT2D eigenvalue weighted by atomic mass is 79.9. The molecule has 14 heavy (non-hydrogen) atoms. The lowest BCUT2D eigenvalue weighted by Crippen LogP contribution is -2.06. The summed E-state index contributed by atoms with van der Waals surface area (Å²) in [5, 5.41) is 8.56. The molecule has 1 aromatic rings. The van der Waals surface area contributed by atoms with Gasteiger partial charge in [-0.2, -0.15) is 0 Å². The van der Waals surface area contributed by atoms with Gasteiger partial charge in [0.2, 0.25) is 0 Å². The van der Waals surface area contributed by atoms with E-state index in [-0.39, 0.29) is 9.63 Å². The molecule has 0 aliphatic rings. The van der Waals surface area contributed by atoms with Gasteiger partial charge in [-0.25, -0.2) is 18.6 Å². The summed E-state index contributed by atoms with van der Waals surface area (Å²) >= 11 is 8.35. The number of carboxylic acid groups (broad SMARTS) is 1. The van der Waals surface area contributed by atoms with Crippen LogP contribution in [0.15, 0.2) is 10.7 Å². The van der Waals surface area contributed by atoms with Gasteiger partial charge in [0.15, 0.2) is 0 Å². The molecule has 0 aromatic carbocycles. The first-order chi connectivity index (χ1) is 6.43. The lowest BCUT2D eigenvalue weighted by Gasteiger charge is -2.05. The van der Waals surface area contributed by atoms with Crippen LogP contribution in [0.4, 0.5) is 8.78 Å². The van der Waals surface area contributed by atoms with Gasteiger partial charge in [0.05, 0.1) is 10.6 Å². The van der Waals surface area contributed by atoms with Gasteiger partial charge >= 0.3 is 5.97 Å². The number of aromatic carboxylic acids is 1. The molecule has 1 aromatic heterocycles. The second-order valence-electron chi connectivity index (χ2n) is 2.30. The third kappa shape index (κ3) is 2.19.